The van der Waals surface area contributed by atoms with Crippen LogP contribution in [0.4, 0.5) is 5.69 Å². The van der Waals surface area contributed by atoms with Crippen molar-refractivity contribution in [2.75, 3.05) is 25.5 Å². The number of nitrogens with one attached hydrogen (secondary N) is 2. The normalized spacial score (nSPS) is 19.2. The monoisotopic (exact) mass is 300 g/mol. The van der Waals surface area contributed by atoms with Gasteiger partial charge in [-0.25, -0.2) is 0 Å². The molecule has 1 aromatic carbocycles. The lowest BCUT2D eigenvalue weighted by atomic mass is 9.99. The van der Waals surface area contributed by atoms with Crippen LogP contribution in [0.3, 0.4) is 0 Å². The number of hydrogen-bond donors (Lipinski definition) is 2. The molecule has 1 saturated carbocycles. The number of fused-ring (bicyclic) bond motifs is 1. The maximum absolute atomic E-state index is 4.35. The SMILES string of the molecule is CN=C(NCc1ccc2c(c1)CCCN2C)NC1CCCC1. The Morgan fingerprint density at radius 2 is 2.09 bits per heavy atom. The summed E-state index contributed by atoms with van der Waals surface area (Å²) in [5.41, 5.74) is 4.21. The molecule has 1 fully saturated rings. The summed E-state index contributed by atoms with van der Waals surface area (Å²) >= 11 is 0. The van der Waals surface area contributed by atoms with Gasteiger partial charge in [-0.3, -0.25) is 4.99 Å². The van der Waals surface area contributed by atoms with Crippen LogP contribution in [0.25, 0.3) is 0 Å². The predicted octanol–water partition coefficient (Wildman–Crippen LogP) is 2.68. The number of guanidine groups is 1. The molecule has 2 N–H and O–H groups in total. The zero-order chi connectivity index (χ0) is 15.4. The van der Waals surface area contributed by atoms with Gasteiger partial charge in [0.25, 0.3) is 0 Å². The average molecular weight is 300 g/mol. The highest BCUT2D eigenvalue weighted by Crippen LogP contribution is 2.26. The van der Waals surface area contributed by atoms with Gasteiger partial charge in [-0.2, -0.15) is 0 Å². The summed E-state index contributed by atoms with van der Waals surface area (Å²) in [6.45, 7) is 2.01. The zero-order valence-corrected chi connectivity index (χ0v) is 13.9. The van der Waals surface area contributed by atoms with E-state index in [0.717, 1.165) is 12.5 Å². The Morgan fingerprint density at radius 1 is 1.27 bits per heavy atom. The Kier molecular flexibility index (Phi) is 4.86. The lowest BCUT2D eigenvalue weighted by Gasteiger charge is -2.28. The topological polar surface area (TPSA) is 39.7 Å². The maximum atomic E-state index is 4.35. The van der Waals surface area contributed by atoms with Crippen LogP contribution in [-0.2, 0) is 13.0 Å². The molecule has 0 atom stereocenters. The van der Waals surface area contributed by atoms with Crippen LogP contribution >= 0.6 is 0 Å². The molecule has 1 heterocycles. The van der Waals surface area contributed by atoms with E-state index in [1.807, 2.05) is 7.05 Å². The molecule has 1 aromatic rings. The van der Waals surface area contributed by atoms with Crippen molar-refractivity contribution in [3.8, 4) is 0 Å². The van der Waals surface area contributed by atoms with Crippen LogP contribution < -0.4 is 15.5 Å². The van der Waals surface area contributed by atoms with E-state index in [-0.39, 0.29) is 0 Å². The van der Waals surface area contributed by atoms with E-state index in [1.165, 1.54) is 61.9 Å². The zero-order valence-electron chi connectivity index (χ0n) is 13.9. The number of aliphatic imine (C=N–C) groups is 1. The van der Waals surface area contributed by atoms with Crippen molar-refractivity contribution in [3.05, 3.63) is 29.3 Å². The lowest BCUT2D eigenvalue weighted by Crippen LogP contribution is -2.41. The Labute approximate surface area is 134 Å². The second kappa shape index (κ2) is 7.03. The predicted molar refractivity (Wildman–Crippen MR) is 93.6 cm³/mol. The molecule has 0 saturated heterocycles. The highest BCUT2D eigenvalue weighted by Gasteiger charge is 2.16. The number of rotatable bonds is 3. The highest BCUT2D eigenvalue weighted by molar-refractivity contribution is 5.80. The second-order valence-corrected chi connectivity index (χ2v) is 6.54. The molecule has 1 aliphatic heterocycles. The maximum Gasteiger partial charge on any atom is 0.191 e. The first-order valence-corrected chi connectivity index (χ1v) is 8.56. The molecule has 0 radical (unpaired) electrons. The molecule has 0 aromatic heterocycles. The first-order valence-electron chi connectivity index (χ1n) is 8.56. The number of aryl methyl sites for hydroxylation is 1. The van der Waals surface area contributed by atoms with E-state index < -0.39 is 0 Å². The summed E-state index contributed by atoms with van der Waals surface area (Å²) in [5, 5.41) is 6.99. The van der Waals surface area contributed by atoms with Gasteiger partial charge >= 0.3 is 0 Å². The van der Waals surface area contributed by atoms with Crippen molar-refractivity contribution in [1.29, 1.82) is 0 Å². The van der Waals surface area contributed by atoms with Gasteiger partial charge < -0.3 is 15.5 Å². The molecule has 1 aliphatic carbocycles. The van der Waals surface area contributed by atoms with Crippen molar-refractivity contribution < 1.29 is 0 Å². The van der Waals surface area contributed by atoms with Crippen molar-refractivity contribution in [3.63, 3.8) is 0 Å². The van der Waals surface area contributed by atoms with E-state index in [0.29, 0.717) is 6.04 Å². The van der Waals surface area contributed by atoms with Crippen LogP contribution in [0.1, 0.15) is 43.2 Å². The minimum Gasteiger partial charge on any atom is -0.374 e. The number of nitrogens with zero attached hydrogens (tertiary/aromatic N) is 2. The molecular formula is C18H28N4. The van der Waals surface area contributed by atoms with Crippen LogP contribution in [0, 0.1) is 0 Å². The third-order valence-corrected chi connectivity index (χ3v) is 4.87. The van der Waals surface area contributed by atoms with Crippen molar-refractivity contribution in [2.45, 2.75) is 51.1 Å². The summed E-state index contributed by atoms with van der Waals surface area (Å²) in [6, 6.07) is 7.44. The molecule has 2 aliphatic rings. The highest BCUT2D eigenvalue weighted by atomic mass is 15.2. The fourth-order valence-electron chi connectivity index (χ4n) is 3.59. The number of benzene rings is 1. The summed E-state index contributed by atoms with van der Waals surface area (Å²) in [5.74, 6) is 0.932. The van der Waals surface area contributed by atoms with Crippen LogP contribution in [0.2, 0.25) is 0 Å². The van der Waals surface area contributed by atoms with Gasteiger partial charge in [0, 0.05) is 38.9 Å². The molecule has 22 heavy (non-hydrogen) atoms. The molecule has 0 spiro atoms. The summed E-state index contributed by atoms with van der Waals surface area (Å²) < 4.78 is 0. The van der Waals surface area contributed by atoms with E-state index in [9.17, 15) is 0 Å². The van der Waals surface area contributed by atoms with Gasteiger partial charge in [0.2, 0.25) is 0 Å². The molecule has 0 unspecified atom stereocenters. The van der Waals surface area contributed by atoms with Gasteiger partial charge in [-0.1, -0.05) is 25.0 Å². The number of anilines is 1. The van der Waals surface area contributed by atoms with Gasteiger partial charge in [0.15, 0.2) is 5.96 Å². The van der Waals surface area contributed by atoms with E-state index in [4.69, 9.17) is 0 Å². The van der Waals surface area contributed by atoms with Crippen LogP contribution in [0.15, 0.2) is 23.2 Å². The minimum atomic E-state index is 0.600. The quantitative estimate of drug-likeness (QED) is 0.666. The van der Waals surface area contributed by atoms with Gasteiger partial charge in [0.1, 0.15) is 0 Å². The fraction of sp³-hybridized carbons (Fsp3) is 0.611. The molecule has 4 heteroatoms. The standard InChI is InChI=1S/C18H28N4/c1-19-18(21-16-7-3-4-8-16)20-13-14-9-10-17-15(12-14)6-5-11-22(17)2/h9-10,12,16H,3-8,11,13H2,1-2H3,(H2,19,20,21). The molecular weight excluding hydrogens is 272 g/mol. The third-order valence-electron chi connectivity index (χ3n) is 4.87. The summed E-state index contributed by atoms with van der Waals surface area (Å²) in [4.78, 5) is 6.71. The smallest absolute Gasteiger partial charge is 0.191 e. The lowest BCUT2D eigenvalue weighted by molar-refractivity contribution is 0.613. The minimum absolute atomic E-state index is 0.600. The first kappa shape index (κ1) is 15.2. The van der Waals surface area contributed by atoms with E-state index in [2.05, 4.69) is 45.8 Å². The van der Waals surface area contributed by atoms with Gasteiger partial charge in [-0.05, 0) is 42.9 Å². The Balaban J connectivity index is 1.58. The molecule has 4 nitrogen and oxygen atoms in total. The molecule has 0 amide bonds. The molecule has 3 rings (SSSR count). The second-order valence-electron chi connectivity index (χ2n) is 6.54. The Bertz CT molecular complexity index is 532. The Morgan fingerprint density at radius 3 is 2.86 bits per heavy atom. The first-order chi connectivity index (χ1) is 10.8. The van der Waals surface area contributed by atoms with Crippen molar-refractivity contribution in [2.24, 2.45) is 4.99 Å². The Hall–Kier alpha value is -1.71. The molecule has 120 valence electrons. The van der Waals surface area contributed by atoms with Crippen LogP contribution in [-0.4, -0.2) is 32.6 Å². The largest absolute Gasteiger partial charge is 0.374 e. The third kappa shape index (κ3) is 3.54. The van der Waals surface area contributed by atoms with E-state index >= 15 is 0 Å². The van der Waals surface area contributed by atoms with Crippen molar-refractivity contribution in [1.82, 2.24) is 10.6 Å². The molecule has 0 bridgehead atoms. The van der Waals surface area contributed by atoms with Crippen LogP contribution in [0.5, 0.6) is 0 Å². The summed E-state index contributed by atoms with van der Waals surface area (Å²) in [6.07, 6.45) is 7.67. The van der Waals surface area contributed by atoms with E-state index in [1.54, 1.807) is 0 Å². The average Bonchev–Trinajstić information content (AvgIpc) is 3.04. The summed E-state index contributed by atoms with van der Waals surface area (Å²) in [7, 11) is 4.04. The van der Waals surface area contributed by atoms with Gasteiger partial charge in [-0.15, -0.1) is 0 Å². The number of hydrogen-bond acceptors (Lipinski definition) is 2. The van der Waals surface area contributed by atoms with Crippen molar-refractivity contribution >= 4 is 11.6 Å². The van der Waals surface area contributed by atoms with Gasteiger partial charge in [0.05, 0.1) is 0 Å². The fourth-order valence-corrected chi connectivity index (χ4v) is 3.59.